The number of fused-ring (bicyclic) bond motifs is 1. The zero-order chi connectivity index (χ0) is 14.8. The lowest BCUT2D eigenvalue weighted by atomic mass is 9.82. The highest BCUT2D eigenvalue weighted by molar-refractivity contribution is 5.72. The molecule has 1 saturated heterocycles. The van der Waals surface area contributed by atoms with Crippen LogP contribution in [0.5, 0.6) is 0 Å². The summed E-state index contributed by atoms with van der Waals surface area (Å²) in [5.41, 5.74) is -0.250. The van der Waals surface area contributed by atoms with Crippen molar-refractivity contribution in [3.63, 3.8) is 0 Å². The Morgan fingerprint density at radius 1 is 1.50 bits per heavy atom. The van der Waals surface area contributed by atoms with E-state index < -0.39 is 6.10 Å². The van der Waals surface area contributed by atoms with Crippen LogP contribution in [0.4, 0.5) is 0 Å². The number of allylic oxidation sites excluding steroid dienone is 1. The molecule has 1 aliphatic carbocycles. The maximum absolute atomic E-state index is 11.3. The average Bonchev–Trinajstić information content (AvgIpc) is 2.93. The third-order valence-electron chi connectivity index (χ3n) is 4.56. The summed E-state index contributed by atoms with van der Waals surface area (Å²) < 4.78 is 5.29. The first-order valence-corrected chi connectivity index (χ1v) is 7.39. The Morgan fingerprint density at radius 2 is 2.25 bits per heavy atom. The van der Waals surface area contributed by atoms with E-state index in [0.29, 0.717) is 24.7 Å². The number of carbonyl (C=O) groups is 1. The number of hydrogen-bond acceptors (Lipinski definition) is 3. The zero-order valence-electron chi connectivity index (χ0n) is 12.6. The predicted molar refractivity (Wildman–Crippen MR) is 77.7 cm³/mol. The molecule has 1 heterocycles. The molecule has 1 aliphatic heterocycles. The van der Waals surface area contributed by atoms with Gasteiger partial charge in [0, 0.05) is 17.8 Å². The van der Waals surface area contributed by atoms with Crippen molar-refractivity contribution in [3.8, 4) is 11.8 Å². The molecule has 0 amide bonds. The lowest BCUT2D eigenvalue weighted by Gasteiger charge is -2.26. The standard InChI is InChI=1S/C17H24O3/c1-4-5-10-17(2,3)15(18)9-7-12-6-8-14-13(12)11-16(19)20-14/h7,9,12-15,18H,6,8,10-11H2,1-3H3/b9-7+/t12-,13-,14+,15-/m1/s1. The molecule has 4 atom stereocenters. The molecule has 2 aliphatic rings. The van der Waals surface area contributed by atoms with Crippen LogP contribution in [0.2, 0.25) is 0 Å². The van der Waals surface area contributed by atoms with E-state index in [4.69, 9.17) is 4.74 Å². The first-order valence-electron chi connectivity index (χ1n) is 7.39. The van der Waals surface area contributed by atoms with Crippen molar-refractivity contribution in [2.24, 2.45) is 17.3 Å². The van der Waals surface area contributed by atoms with E-state index in [0.717, 1.165) is 12.8 Å². The fourth-order valence-electron chi connectivity index (χ4n) is 3.07. The van der Waals surface area contributed by atoms with Crippen molar-refractivity contribution in [2.45, 2.75) is 58.7 Å². The Hall–Kier alpha value is -1.27. The summed E-state index contributed by atoms with van der Waals surface area (Å²) in [5.74, 6) is 6.50. The van der Waals surface area contributed by atoms with Gasteiger partial charge >= 0.3 is 5.97 Å². The van der Waals surface area contributed by atoms with Crippen molar-refractivity contribution in [3.05, 3.63) is 12.2 Å². The molecule has 0 spiro atoms. The van der Waals surface area contributed by atoms with Crippen LogP contribution >= 0.6 is 0 Å². The van der Waals surface area contributed by atoms with Crippen molar-refractivity contribution in [1.29, 1.82) is 0 Å². The Kier molecular flexibility index (Phi) is 4.55. The number of aliphatic hydroxyl groups is 1. The topological polar surface area (TPSA) is 46.5 Å². The van der Waals surface area contributed by atoms with Gasteiger partial charge < -0.3 is 9.84 Å². The van der Waals surface area contributed by atoms with Crippen molar-refractivity contribution < 1.29 is 14.6 Å². The first kappa shape index (κ1) is 15.1. The van der Waals surface area contributed by atoms with Crippen LogP contribution in [0.1, 0.15) is 46.5 Å². The van der Waals surface area contributed by atoms with Crippen LogP contribution in [-0.2, 0) is 9.53 Å². The second-order valence-corrected chi connectivity index (χ2v) is 6.56. The fraction of sp³-hybridized carbons (Fsp3) is 0.706. The summed E-state index contributed by atoms with van der Waals surface area (Å²) in [7, 11) is 0. The maximum Gasteiger partial charge on any atom is 0.306 e. The van der Waals surface area contributed by atoms with E-state index in [1.54, 1.807) is 0 Å². The monoisotopic (exact) mass is 276 g/mol. The molecule has 2 rings (SSSR count). The Labute approximate surface area is 121 Å². The molecule has 20 heavy (non-hydrogen) atoms. The second-order valence-electron chi connectivity index (χ2n) is 6.56. The van der Waals surface area contributed by atoms with Gasteiger partial charge in [0.05, 0.1) is 12.5 Å². The van der Waals surface area contributed by atoms with Gasteiger partial charge in [-0.1, -0.05) is 26.0 Å². The third kappa shape index (κ3) is 3.24. The van der Waals surface area contributed by atoms with Crippen LogP contribution < -0.4 is 0 Å². The molecule has 0 aromatic carbocycles. The average molecular weight is 276 g/mol. The van der Waals surface area contributed by atoms with Crippen molar-refractivity contribution >= 4 is 5.97 Å². The molecule has 0 bridgehead atoms. The summed E-state index contributed by atoms with van der Waals surface area (Å²) in [6, 6.07) is 0. The molecule has 3 nitrogen and oxygen atoms in total. The van der Waals surface area contributed by atoms with Gasteiger partial charge in [0.25, 0.3) is 0 Å². The van der Waals surface area contributed by atoms with E-state index in [2.05, 4.69) is 17.9 Å². The number of esters is 1. The molecule has 3 heteroatoms. The third-order valence-corrected chi connectivity index (χ3v) is 4.56. The molecule has 0 aromatic heterocycles. The Morgan fingerprint density at radius 3 is 2.95 bits per heavy atom. The number of carbonyl (C=O) groups excluding carboxylic acids is 1. The highest BCUT2D eigenvalue weighted by Gasteiger charge is 2.43. The minimum Gasteiger partial charge on any atom is -0.462 e. The van der Waals surface area contributed by atoms with Gasteiger partial charge in [0.1, 0.15) is 6.10 Å². The van der Waals surface area contributed by atoms with E-state index in [1.807, 2.05) is 26.8 Å². The van der Waals surface area contributed by atoms with Crippen molar-refractivity contribution in [1.82, 2.24) is 0 Å². The smallest absolute Gasteiger partial charge is 0.306 e. The quantitative estimate of drug-likeness (QED) is 0.488. The van der Waals surface area contributed by atoms with Crippen LogP contribution in [0.3, 0.4) is 0 Å². The summed E-state index contributed by atoms with van der Waals surface area (Å²) >= 11 is 0. The van der Waals surface area contributed by atoms with Gasteiger partial charge in [0.2, 0.25) is 0 Å². The highest BCUT2D eigenvalue weighted by atomic mass is 16.5. The largest absolute Gasteiger partial charge is 0.462 e. The van der Waals surface area contributed by atoms with Crippen LogP contribution in [0, 0.1) is 29.1 Å². The van der Waals surface area contributed by atoms with Gasteiger partial charge in [0.15, 0.2) is 0 Å². The highest BCUT2D eigenvalue weighted by Crippen LogP contribution is 2.42. The summed E-state index contributed by atoms with van der Waals surface area (Å²) in [4.78, 5) is 11.3. The van der Waals surface area contributed by atoms with Crippen LogP contribution in [0.15, 0.2) is 12.2 Å². The lowest BCUT2D eigenvalue weighted by Crippen LogP contribution is -2.27. The molecule has 1 saturated carbocycles. The van der Waals surface area contributed by atoms with E-state index in [9.17, 15) is 9.90 Å². The second kappa shape index (κ2) is 6.01. The number of rotatable bonds is 4. The molecule has 0 radical (unpaired) electrons. The van der Waals surface area contributed by atoms with Gasteiger partial charge in [-0.05, 0) is 25.7 Å². The summed E-state index contributed by atoms with van der Waals surface area (Å²) in [5, 5.41) is 10.3. The number of ether oxygens (including phenoxy) is 1. The minimum atomic E-state index is -0.513. The molecular weight excluding hydrogens is 252 g/mol. The zero-order valence-corrected chi connectivity index (χ0v) is 12.6. The Bertz CT molecular complexity index is 453. The molecule has 2 fully saturated rings. The predicted octanol–water partition coefficient (Wildman–Crippen LogP) is 2.68. The van der Waals surface area contributed by atoms with Gasteiger partial charge in [-0.15, -0.1) is 11.8 Å². The number of hydrogen-bond donors (Lipinski definition) is 1. The molecular formula is C17H24O3. The van der Waals surface area contributed by atoms with Gasteiger partial charge in [-0.3, -0.25) is 4.79 Å². The molecule has 0 aromatic rings. The minimum absolute atomic E-state index is 0.0720. The summed E-state index contributed by atoms with van der Waals surface area (Å²) in [6.45, 7) is 5.85. The maximum atomic E-state index is 11.3. The first-order chi connectivity index (χ1) is 9.44. The molecule has 1 N–H and O–H groups in total. The normalized spacial score (nSPS) is 30.8. The van der Waals surface area contributed by atoms with E-state index in [-0.39, 0.29) is 17.5 Å². The van der Waals surface area contributed by atoms with Crippen molar-refractivity contribution in [2.75, 3.05) is 0 Å². The van der Waals surface area contributed by atoms with E-state index >= 15 is 0 Å². The number of aliphatic hydroxyl groups excluding tert-OH is 1. The van der Waals surface area contributed by atoms with Gasteiger partial charge in [-0.25, -0.2) is 0 Å². The lowest BCUT2D eigenvalue weighted by molar-refractivity contribution is -0.141. The van der Waals surface area contributed by atoms with Crippen LogP contribution in [0.25, 0.3) is 0 Å². The summed E-state index contributed by atoms with van der Waals surface area (Å²) in [6.07, 6.45) is 6.75. The van der Waals surface area contributed by atoms with Crippen LogP contribution in [-0.4, -0.2) is 23.3 Å². The van der Waals surface area contributed by atoms with E-state index in [1.165, 1.54) is 0 Å². The molecule has 0 unspecified atom stereocenters. The fourth-order valence-corrected chi connectivity index (χ4v) is 3.07. The SMILES string of the molecule is CC#CCC(C)(C)[C@H](O)/C=C/[C@H]1CC[C@@H]2OC(=O)C[C@@H]21. The Balaban J connectivity index is 1.95. The molecule has 110 valence electrons. The van der Waals surface area contributed by atoms with Gasteiger partial charge in [-0.2, -0.15) is 0 Å².